The third-order valence-corrected chi connectivity index (χ3v) is 7.81. The number of ether oxygens (including phenoxy) is 3. The number of aromatic nitrogens is 4. The fraction of sp³-hybridized carbons (Fsp3) is 0.500. The van der Waals surface area contributed by atoms with E-state index in [1.54, 1.807) is 39.0 Å². The van der Waals surface area contributed by atoms with E-state index in [1.165, 1.54) is 25.4 Å². The average molecular weight is 617 g/mol. The van der Waals surface area contributed by atoms with E-state index in [-0.39, 0.29) is 35.3 Å². The Morgan fingerprint density at radius 2 is 2.02 bits per heavy atom. The standard InChI is InChI=1S/C24H31ClFN6O8P/c1-5-36-20-17-19(29-23(27)30-20)32(12-28-17)22-24(25,26)18(33)16(39-22)11-37-41(35,40-15-9-7-6-8-10-15)31-14(4)21(34)38-13(2)3/h6-10,12-14,16,18,22,33H,5,11H2,1-4H3,(H,31,35)(H2,27,29,30). The fourth-order valence-corrected chi connectivity index (χ4v) is 5.73. The first-order valence-electron chi connectivity index (χ1n) is 12.7. The molecule has 14 nitrogen and oxygen atoms in total. The summed E-state index contributed by atoms with van der Waals surface area (Å²) in [7, 11) is -4.34. The van der Waals surface area contributed by atoms with Crippen LogP contribution in [0.1, 0.15) is 33.9 Å². The molecule has 3 heterocycles. The lowest BCUT2D eigenvalue weighted by Gasteiger charge is -2.25. The lowest BCUT2D eigenvalue weighted by atomic mass is 10.1. The number of nitrogens with one attached hydrogen (secondary N) is 1. The van der Waals surface area contributed by atoms with Gasteiger partial charge in [-0.1, -0.05) is 29.8 Å². The molecule has 3 aromatic rings. The Kier molecular flexibility index (Phi) is 9.36. The number of aliphatic hydroxyl groups is 1. The highest BCUT2D eigenvalue weighted by Crippen LogP contribution is 2.49. The second-order valence-electron chi connectivity index (χ2n) is 9.32. The number of anilines is 1. The molecule has 6 unspecified atom stereocenters. The Bertz CT molecular complexity index is 1410. The molecule has 1 aliphatic rings. The van der Waals surface area contributed by atoms with Gasteiger partial charge in [-0.15, -0.1) is 0 Å². The molecule has 0 bridgehead atoms. The maximum absolute atomic E-state index is 15.8. The minimum atomic E-state index is -4.34. The quantitative estimate of drug-likeness (QED) is 0.153. The zero-order valence-corrected chi connectivity index (χ0v) is 24.3. The van der Waals surface area contributed by atoms with Gasteiger partial charge in [-0.2, -0.15) is 15.1 Å². The monoisotopic (exact) mass is 616 g/mol. The summed E-state index contributed by atoms with van der Waals surface area (Å²) in [6, 6.07) is 6.91. The zero-order chi connectivity index (χ0) is 29.9. The van der Waals surface area contributed by atoms with Crippen molar-refractivity contribution >= 4 is 42.4 Å². The Hall–Kier alpha value is -3.07. The first kappa shape index (κ1) is 30.9. The Morgan fingerprint density at radius 3 is 2.68 bits per heavy atom. The third-order valence-electron chi connectivity index (χ3n) is 5.75. The summed E-state index contributed by atoms with van der Waals surface area (Å²) in [5, 5.41) is 10.4. The van der Waals surface area contributed by atoms with Crippen LogP contribution in [0.3, 0.4) is 0 Å². The lowest BCUT2D eigenvalue weighted by molar-refractivity contribution is -0.149. The number of carbonyl (C=O) groups excluding carboxylic acids is 1. The molecule has 4 rings (SSSR count). The molecule has 2 aromatic heterocycles. The van der Waals surface area contributed by atoms with E-state index < -0.39 is 56.0 Å². The smallest absolute Gasteiger partial charge is 0.459 e. The van der Waals surface area contributed by atoms with Crippen molar-refractivity contribution < 1.29 is 42.1 Å². The predicted octanol–water partition coefficient (Wildman–Crippen LogP) is 3.10. The van der Waals surface area contributed by atoms with Gasteiger partial charge >= 0.3 is 13.7 Å². The van der Waals surface area contributed by atoms with Gasteiger partial charge in [0.15, 0.2) is 17.4 Å². The molecule has 1 saturated heterocycles. The van der Waals surface area contributed by atoms with E-state index in [1.807, 2.05) is 0 Å². The van der Waals surface area contributed by atoms with Crippen molar-refractivity contribution in [3.05, 3.63) is 36.7 Å². The SMILES string of the molecule is CCOc1nc(N)nc2c1ncn2C1OC(COP(=O)(NC(C)C(=O)OC(C)C)Oc2ccccc2)C(O)C1(F)Cl. The maximum Gasteiger partial charge on any atom is 0.459 e. The zero-order valence-electron chi connectivity index (χ0n) is 22.6. The van der Waals surface area contributed by atoms with Gasteiger partial charge in [-0.25, -0.2) is 13.9 Å². The van der Waals surface area contributed by atoms with Gasteiger partial charge in [-0.3, -0.25) is 13.9 Å². The first-order valence-corrected chi connectivity index (χ1v) is 14.6. The van der Waals surface area contributed by atoms with E-state index >= 15 is 4.39 Å². The Balaban J connectivity index is 1.56. The van der Waals surface area contributed by atoms with E-state index in [2.05, 4.69) is 20.0 Å². The summed E-state index contributed by atoms with van der Waals surface area (Å²) in [4.78, 5) is 24.6. The summed E-state index contributed by atoms with van der Waals surface area (Å²) in [6.45, 7) is 6.06. The number of halogens is 2. The normalized spacial score (nSPS) is 24.7. The summed E-state index contributed by atoms with van der Waals surface area (Å²) in [5.41, 5.74) is 5.99. The van der Waals surface area contributed by atoms with Gasteiger partial charge in [0.05, 0.1) is 25.6 Å². The van der Waals surface area contributed by atoms with Crippen LogP contribution in [0.15, 0.2) is 36.7 Å². The number of fused-ring (bicyclic) bond motifs is 1. The van der Waals surface area contributed by atoms with Crippen LogP contribution >= 0.6 is 19.3 Å². The number of para-hydroxylation sites is 1. The topological polar surface area (TPSA) is 182 Å². The molecule has 1 aromatic carbocycles. The molecule has 224 valence electrons. The highest BCUT2D eigenvalue weighted by molar-refractivity contribution is 7.52. The number of nitrogen functional groups attached to an aromatic ring is 1. The molecule has 6 atom stereocenters. The second-order valence-corrected chi connectivity index (χ2v) is 11.6. The molecule has 0 spiro atoms. The molecule has 0 saturated carbocycles. The molecular weight excluding hydrogens is 586 g/mol. The molecule has 0 amide bonds. The van der Waals surface area contributed by atoms with Gasteiger partial charge in [-0.05, 0) is 39.8 Å². The minimum absolute atomic E-state index is 0.0413. The van der Waals surface area contributed by atoms with Gasteiger partial charge in [0.2, 0.25) is 11.8 Å². The van der Waals surface area contributed by atoms with Crippen LogP contribution in [-0.2, 0) is 23.4 Å². The van der Waals surface area contributed by atoms with Crippen LogP contribution in [0, 0.1) is 0 Å². The van der Waals surface area contributed by atoms with Crippen molar-refractivity contribution in [1.29, 1.82) is 0 Å². The number of nitrogens with two attached hydrogens (primary N) is 1. The van der Waals surface area contributed by atoms with Crippen LogP contribution < -0.4 is 20.1 Å². The molecule has 0 radical (unpaired) electrons. The van der Waals surface area contributed by atoms with Gasteiger partial charge < -0.3 is 29.6 Å². The molecule has 0 aliphatic carbocycles. The van der Waals surface area contributed by atoms with Gasteiger partial charge in [0, 0.05) is 0 Å². The molecule has 1 fully saturated rings. The fourth-order valence-electron chi connectivity index (χ4n) is 3.93. The van der Waals surface area contributed by atoms with E-state index in [0.717, 1.165) is 4.57 Å². The summed E-state index contributed by atoms with van der Waals surface area (Å²) >= 11 is 6.14. The number of hydrogen-bond donors (Lipinski definition) is 3. The van der Waals surface area contributed by atoms with Crippen molar-refractivity contribution in [3.63, 3.8) is 0 Å². The average Bonchev–Trinajstić information content (AvgIpc) is 3.41. The van der Waals surface area contributed by atoms with Crippen LogP contribution in [-0.4, -0.2) is 73.3 Å². The molecule has 4 N–H and O–H groups in total. The van der Waals surface area contributed by atoms with Crippen molar-refractivity contribution in [2.75, 3.05) is 18.9 Å². The number of nitrogens with zero attached hydrogens (tertiary/aromatic N) is 4. The molecule has 17 heteroatoms. The van der Waals surface area contributed by atoms with Crippen LogP contribution in [0.2, 0.25) is 0 Å². The van der Waals surface area contributed by atoms with Crippen molar-refractivity contribution in [1.82, 2.24) is 24.6 Å². The molecular formula is C24H31ClFN6O8P. The first-order chi connectivity index (χ1) is 19.3. The number of imidazole rings is 1. The molecule has 1 aliphatic heterocycles. The summed E-state index contributed by atoms with van der Waals surface area (Å²) < 4.78 is 58.1. The van der Waals surface area contributed by atoms with E-state index in [0.29, 0.717) is 0 Å². The van der Waals surface area contributed by atoms with E-state index in [4.69, 9.17) is 40.6 Å². The van der Waals surface area contributed by atoms with Crippen molar-refractivity contribution in [3.8, 4) is 11.6 Å². The number of carbonyl (C=O) groups is 1. The number of aliphatic hydroxyl groups excluding tert-OH is 1. The highest BCUT2D eigenvalue weighted by Gasteiger charge is 2.58. The lowest BCUT2D eigenvalue weighted by Crippen LogP contribution is -2.40. The van der Waals surface area contributed by atoms with Crippen LogP contribution in [0.4, 0.5) is 10.3 Å². The minimum Gasteiger partial charge on any atom is -0.476 e. The molecule has 41 heavy (non-hydrogen) atoms. The third kappa shape index (κ3) is 6.88. The van der Waals surface area contributed by atoms with Crippen LogP contribution in [0.5, 0.6) is 11.6 Å². The van der Waals surface area contributed by atoms with Gasteiger partial charge in [0.1, 0.15) is 24.0 Å². The highest BCUT2D eigenvalue weighted by atomic mass is 35.5. The Labute approximate surface area is 239 Å². The van der Waals surface area contributed by atoms with Crippen molar-refractivity contribution in [2.24, 2.45) is 0 Å². The summed E-state index contributed by atoms with van der Waals surface area (Å²) in [5.74, 6) is -0.652. The largest absolute Gasteiger partial charge is 0.476 e. The van der Waals surface area contributed by atoms with Gasteiger partial charge in [0.25, 0.3) is 5.13 Å². The number of rotatable bonds is 12. The number of hydrogen-bond acceptors (Lipinski definition) is 12. The number of esters is 1. The maximum atomic E-state index is 15.8. The Morgan fingerprint density at radius 1 is 1.32 bits per heavy atom. The summed E-state index contributed by atoms with van der Waals surface area (Å²) in [6.07, 6.45) is -4.31. The predicted molar refractivity (Wildman–Crippen MR) is 145 cm³/mol. The van der Waals surface area contributed by atoms with Crippen molar-refractivity contribution in [2.45, 2.75) is 63.4 Å². The number of benzene rings is 1. The van der Waals surface area contributed by atoms with E-state index in [9.17, 15) is 14.5 Å². The van der Waals surface area contributed by atoms with Crippen LogP contribution in [0.25, 0.3) is 11.2 Å². The second kappa shape index (κ2) is 12.4. The number of alkyl halides is 2.